The van der Waals surface area contributed by atoms with Crippen molar-refractivity contribution in [1.29, 1.82) is 0 Å². The highest BCUT2D eigenvalue weighted by Gasteiger charge is 2.23. The Balaban J connectivity index is 1.54. The molecule has 0 aliphatic carbocycles. The number of rotatable bonds is 7. The van der Waals surface area contributed by atoms with Gasteiger partial charge in [-0.25, -0.2) is 13.1 Å². The van der Waals surface area contributed by atoms with Gasteiger partial charge in [0, 0.05) is 13.1 Å². The van der Waals surface area contributed by atoms with E-state index in [0.29, 0.717) is 18.2 Å². The Morgan fingerprint density at radius 3 is 2.65 bits per heavy atom. The van der Waals surface area contributed by atoms with E-state index < -0.39 is 10.0 Å². The maximum atomic E-state index is 12.5. The third-order valence-electron chi connectivity index (χ3n) is 4.71. The molecule has 0 radical (unpaired) electrons. The Bertz CT molecular complexity index is 814. The molecule has 1 atom stereocenters. The number of hydrogen-bond donors (Lipinski definition) is 1. The Morgan fingerprint density at radius 1 is 1.23 bits per heavy atom. The number of nitrogens with zero attached hydrogens (tertiary/aromatic N) is 1. The zero-order valence-corrected chi connectivity index (χ0v) is 16.1. The first-order chi connectivity index (χ1) is 12.5. The second-order valence-electron chi connectivity index (χ2n) is 6.78. The SMILES string of the molecule is COc1ccc(S(=O)(=O)NC[C@H]2CCCN(Cc3ccc(C)o3)C2)cc1. The molecule has 1 aromatic carbocycles. The van der Waals surface area contributed by atoms with Crippen LogP contribution < -0.4 is 9.46 Å². The van der Waals surface area contributed by atoms with E-state index in [1.807, 2.05) is 19.1 Å². The van der Waals surface area contributed by atoms with Crippen molar-refractivity contribution in [1.82, 2.24) is 9.62 Å². The Morgan fingerprint density at radius 2 is 2.00 bits per heavy atom. The van der Waals surface area contributed by atoms with E-state index in [2.05, 4.69) is 9.62 Å². The van der Waals surface area contributed by atoms with E-state index in [1.54, 1.807) is 31.4 Å². The largest absolute Gasteiger partial charge is 0.497 e. The number of ether oxygens (including phenoxy) is 1. The number of methoxy groups -OCH3 is 1. The van der Waals surface area contributed by atoms with Crippen LogP contribution in [0, 0.1) is 12.8 Å². The van der Waals surface area contributed by atoms with E-state index in [9.17, 15) is 8.42 Å². The van der Waals surface area contributed by atoms with E-state index in [4.69, 9.17) is 9.15 Å². The van der Waals surface area contributed by atoms with Crippen LogP contribution in [0.4, 0.5) is 0 Å². The minimum atomic E-state index is -3.50. The Hall–Kier alpha value is -1.83. The fraction of sp³-hybridized carbons (Fsp3) is 0.474. The molecule has 0 bridgehead atoms. The zero-order chi connectivity index (χ0) is 18.6. The van der Waals surface area contributed by atoms with Crippen molar-refractivity contribution in [2.75, 3.05) is 26.7 Å². The Kier molecular flexibility index (Phi) is 6.01. The maximum Gasteiger partial charge on any atom is 0.240 e. The first-order valence-corrected chi connectivity index (χ1v) is 10.4. The van der Waals surface area contributed by atoms with Crippen molar-refractivity contribution >= 4 is 10.0 Å². The molecule has 0 saturated carbocycles. The number of nitrogens with one attached hydrogen (secondary N) is 1. The van der Waals surface area contributed by atoms with Crippen LogP contribution in [0.25, 0.3) is 0 Å². The van der Waals surface area contributed by atoms with Gasteiger partial charge in [0.2, 0.25) is 10.0 Å². The predicted octanol–water partition coefficient (Wildman–Crippen LogP) is 2.79. The second kappa shape index (κ2) is 8.24. The summed E-state index contributed by atoms with van der Waals surface area (Å²) in [6.45, 7) is 5.04. The summed E-state index contributed by atoms with van der Waals surface area (Å²) < 4.78 is 38.4. The summed E-state index contributed by atoms with van der Waals surface area (Å²) >= 11 is 0. The highest BCUT2D eigenvalue weighted by molar-refractivity contribution is 7.89. The molecular weight excluding hydrogens is 352 g/mol. The average Bonchev–Trinajstić information content (AvgIpc) is 3.05. The molecule has 0 unspecified atom stereocenters. The molecule has 2 aromatic rings. The lowest BCUT2D eigenvalue weighted by Crippen LogP contribution is -2.40. The molecule has 1 aliphatic heterocycles. The van der Waals surface area contributed by atoms with Crippen LogP contribution in [-0.2, 0) is 16.6 Å². The lowest BCUT2D eigenvalue weighted by atomic mass is 9.98. The van der Waals surface area contributed by atoms with Gasteiger partial charge in [0.25, 0.3) is 0 Å². The number of furan rings is 1. The molecule has 1 aliphatic rings. The molecule has 1 fully saturated rings. The van der Waals surface area contributed by atoms with Gasteiger partial charge in [-0.1, -0.05) is 0 Å². The summed E-state index contributed by atoms with van der Waals surface area (Å²) in [4.78, 5) is 2.59. The summed E-state index contributed by atoms with van der Waals surface area (Å²) in [5.41, 5.74) is 0. The first kappa shape index (κ1) is 18.9. The van der Waals surface area contributed by atoms with Gasteiger partial charge in [0.15, 0.2) is 0 Å². The highest BCUT2D eigenvalue weighted by atomic mass is 32.2. The number of aryl methyl sites for hydroxylation is 1. The number of hydrogen-bond acceptors (Lipinski definition) is 5. The summed E-state index contributed by atoms with van der Waals surface area (Å²) in [7, 11) is -1.94. The van der Waals surface area contributed by atoms with Crippen molar-refractivity contribution in [2.24, 2.45) is 5.92 Å². The van der Waals surface area contributed by atoms with Gasteiger partial charge in [-0.05, 0) is 68.6 Å². The first-order valence-electron chi connectivity index (χ1n) is 8.87. The fourth-order valence-corrected chi connectivity index (χ4v) is 4.43. The summed E-state index contributed by atoms with van der Waals surface area (Å²) in [5.74, 6) is 2.82. The normalized spacial score (nSPS) is 18.8. The number of benzene rings is 1. The van der Waals surface area contributed by atoms with Crippen molar-refractivity contribution < 1.29 is 17.6 Å². The summed E-state index contributed by atoms with van der Waals surface area (Å²) in [6.07, 6.45) is 2.09. The molecular formula is C19H26N2O4S. The average molecular weight is 378 g/mol. The van der Waals surface area contributed by atoms with Gasteiger partial charge in [0.05, 0.1) is 18.6 Å². The number of sulfonamides is 1. The van der Waals surface area contributed by atoms with Crippen LogP contribution in [0.3, 0.4) is 0 Å². The van der Waals surface area contributed by atoms with E-state index in [0.717, 1.165) is 44.0 Å². The van der Waals surface area contributed by atoms with E-state index in [-0.39, 0.29) is 4.90 Å². The highest BCUT2D eigenvalue weighted by Crippen LogP contribution is 2.20. The monoisotopic (exact) mass is 378 g/mol. The smallest absolute Gasteiger partial charge is 0.240 e. The van der Waals surface area contributed by atoms with Gasteiger partial charge in [-0.15, -0.1) is 0 Å². The van der Waals surface area contributed by atoms with Crippen molar-refractivity contribution in [3.05, 3.63) is 47.9 Å². The molecule has 1 N–H and O–H groups in total. The number of piperidine rings is 1. The molecule has 0 spiro atoms. The third kappa shape index (κ3) is 4.87. The molecule has 26 heavy (non-hydrogen) atoms. The molecule has 1 aromatic heterocycles. The minimum absolute atomic E-state index is 0.261. The lowest BCUT2D eigenvalue weighted by Gasteiger charge is -2.32. The zero-order valence-electron chi connectivity index (χ0n) is 15.3. The van der Waals surface area contributed by atoms with Crippen molar-refractivity contribution in [2.45, 2.75) is 31.2 Å². The summed E-state index contributed by atoms with van der Waals surface area (Å²) in [6, 6.07) is 10.4. The maximum absolute atomic E-state index is 12.5. The van der Waals surface area contributed by atoms with Crippen LogP contribution >= 0.6 is 0 Å². The van der Waals surface area contributed by atoms with E-state index >= 15 is 0 Å². The quantitative estimate of drug-likeness (QED) is 0.802. The third-order valence-corrected chi connectivity index (χ3v) is 6.15. The summed E-state index contributed by atoms with van der Waals surface area (Å²) in [5, 5.41) is 0. The molecule has 0 amide bonds. The minimum Gasteiger partial charge on any atom is -0.497 e. The van der Waals surface area contributed by atoms with Gasteiger partial charge in [-0.2, -0.15) is 0 Å². The van der Waals surface area contributed by atoms with Crippen LogP contribution in [0.1, 0.15) is 24.4 Å². The Labute approximate surface area is 155 Å². The van der Waals surface area contributed by atoms with Gasteiger partial charge < -0.3 is 9.15 Å². The lowest BCUT2D eigenvalue weighted by molar-refractivity contribution is 0.158. The molecule has 3 rings (SSSR count). The van der Waals surface area contributed by atoms with Crippen molar-refractivity contribution in [3.63, 3.8) is 0 Å². The van der Waals surface area contributed by atoms with Gasteiger partial charge in [-0.3, -0.25) is 4.90 Å². The molecule has 142 valence electrons. The predicted molar refractivity (Wildman–Crippen MR) is 99.6 cm³/mol. The van der Waals surface area contributed by atoms with Crippen LogP contribution in [0.5, 0.6) is 5.75 Å². The number of likely N-dealkylation sites (tertiary alicyclic amines) is 1. The molecule has 1 saturated heterocycles. The molecule has 7 heteroatoms. The van der Waals surface area contributed by atoms with Crippen molar-refractivity contribution in [3.8, 4) is 5.75 Å². The van der Waals surface area contributed by atoms with Crippen LogP contribution in [0.2, 0.25) is 0 Å². The van der Waals surface area contributed by atoms with Crippen LogP contribution in [0.15, 0.2) is 45.7 Å². The second-order valence-corrected chi connectivity index (χ2v) is 8.55. The molecule has 2 heterocycles. The van der Waals surface area contributed by atoms with Crippen LogP contribution in [-0.4, -0.2) is 40.1 Å². The van der Waals surface area contributed by atoms with E-state index in [1.165, 1.54) is 0 Å². The standard InChI is InChI=1S/C19H26N2O4S/c1-15-5-6-18(25-15)14-21-11-3-4-16(13-21)12-20-26(22,23)19-9-7-17(24-2)8-10-19/h5-10,16,20H,3-4,11-14H2,1-2H3/t16-/m1/s1. The fourth-order valence-electron chi connectivity index (χ4n) is 3.32. The van der Waals surface area contributed by atoms with Gasteiger partial charge in [0.1, 0.15) is 17.3 Å². The molecule has 6 nitrogen and oxygen atoms in total. The topological polar surface area (TPSA) is 71.8 Å². The van der Waals surface area contributed by atoms with Gasteiger partial charge >= 0.3 is 0 Å².